The summed E-state index contributed by atoms with van der Waals surface area (Å²) in [6.45, 7) is 3.97. The van der Waals surface area contributed by atoms with E-state index in [1.54, 1.807) is 12.1 Å². The lowest BCUT2D eigenvalue weighted by Crippen LogP contribution is -2.48. The molecule has 2 heterocycles. The van der Waals surface area contributed by atoms with Gasteiger partial charge in [0.15, 0.2) is 0 Å². The molecule has 0 unspecified atom stereocenters. The SMILES string of the molecule is O=C(Nc1ccc(Cl)cc1)N1CCC2(CCNCC2)CC1. The number of benzene rings is 1. The fraction of sp³-hybridized carbons (Fsp3) is 0.562. The Morgan fingerprint density at radius 1 is 1.10 bits per heavy atom. The molecule has 2 aliphatic rings. The summed E-state index contributed by atoms with van der Waals surface area (Å²) in [6.07, 6.45) is 4.75. The van der Waals surface area contributed by atoms with Gasteiger partial charge in [0.1, 0.15) is 0 Å². The molecular weight excluding hydrogens is 286 g/mol. The van der Waals surface area contributed by atoms with Crippen molar-refractivity contribution in [1.29, 1.82) is 0 Å². The lowest BCUT2D eigenvalue weighted by molar-refractivity contribution is 0.0915. The van der Waals surface area contributed by atoms with Crippen molar-refractivity contribution in [3.05, 3.63) is 29.3 Å². The Balaban J connectivity index is 1.54. The first-order chi connectivity index (χ1) is 10.2. The van der Waals surface area contributed by atoms with Gasteiger partial charge >= 0.3 is 6.03 Å². The van der Waals surface area contributed by atoms with Crippen molar-refractivity contribution < 1.29 is 4.79 Å². The number of carbonyl (C=O) groups excluding carboxylic acids is 1. The Bertz CT molecular complexity index is 487. The van der Waals surface area contributed by atoms with Gasteiger partial charge < -0.3 is 15.5 Å². The molecule has 5 heteroatoms. The number of carbonyl (C=O) groups is 1. The molecule has 4 nitrogen and oxygen atoms in total. The van der Waals surface area contributed by atoms with Crippen molar-refractivity contribution in [3.8, 4) is 0 Å². The van der Waals surface area contributed by atoms with E-state index in [4.69, 9.17) is 11.6 Å². The van der Waals surface area contributed by atoms with Crippen LogP contribution in [0.4, 0.5) is 10.5 Å². The second-order valence-corrected chi connectivity index (χ2v) is 6.61. The van der Waals surface area contributed by atoms with Gasteiger partial charge in [-0.2, -0.15) is 0 Å². The quantitative estimate of drug-likeness (QED) is 0.836. The molecule has 21 heavy (non-hydrogen) atoms. The van der Waals surface area contributed by atoms with E-state index >= 15 is 0 Å². The van der Waals surface area contributed by atoms with E-state index in [1.807, 2.05) is 17.0 Å². The van der Waals surface area contributed by atoms with Crippen LogP contribution in [0.15, 0.2) is 24.3 Å². The van der Waals surface area contributed by atoms with Crippen LogP contribution < -0.4 is 10.6 Å². The van der Waals surface area contributed by atoms with Crippen LogP contribution in [0.25, 0.3) is 0 Å². The van der Waals surface area contributed by atoms with Crippen LogP contribution in [-0.2, 0) is 0 Å². The van der Waals surface area contributed by atoms with Crippen LogP contribution in [0.5, 0.6) is 0 Å². The third-order valence-corrected chi connectivity index (χ3v) is 5.12. The van der Waals surface area contributed by atoms with E-state index < -0.39 is 0 Å². The van der Waals surface area contributed by atoms with Crippen molar-refractivity contribution in [2.45, 2.75) is 25.7 Å². The molecule has 1 aromatic rings. The van der Waals surface area contributed by atoms with Gasteiger partial charge in [0.25, 0.3) is 0 Å². The molecule has 0 atom stereocenters. The standard InChI is InChI=1S/C16H22ClN3O/c17-13-1-3-14(4-2-13)19-15(21)20-11-7-16(8-12-20)5-9-18-10-6-16/h1-4,18H,5-12H2,(H,19,21). The zero-order valence-electron chi connectivity index (χ0n) is 12.2. The number of hydrogen-bond acceptors (Lipinski definition) is 2. The van der Waals surface area contributed by atoms with Crippen molar-refractivity contribution in [2.75, 3.05) is 31.5 Å². The van der Waals surface area contributed by atoms with Crippen LogP contribution in [0.2, 0.25) is 5.02 Å². The number of nitrogens with zero attached hydrogens (tertiary/aromatic N) is 1. The van der Waals surface area contributed by atoms with Crippen molar-refractivity contribution in [2.24, 2.45) is 5.41 Å². The summed E-state index contributed by atoms with van der Waals surface area (Å²) in [5.74, 6) is 0. The van der Waals surface area contributed by atoms with Crippen molar-refractivity contribution in [1.82, 2.24) is 10.2 Å². The maximum absolute atomic E-state index is 12.3. The van der Waals surface area contributed by atoms with Crippen molar-refractivity contribution in [3.63, 3.8) is 0 Å². The molecule has 0 aromatic heterocycles. The van der Waals surface area contributed by atoms with Crippen LogP contribution >= 0.6 is 11.6 Å². The number of likely N-dealkylation sites (tertiary alicyclic amines) is 1. The molecule has 3 rings (SSSR count). The Morgan fingerprint density at radius 3 is 2.33 bits per heavy atom. The van der Waals surface area contributed by atoms with E-state index in [9.17, 15) is 4.79 Å². The summed E-state index contributed by atoms with van der Waals surface area (Å²) >= 11 is 5.85. The Morgan fingerprint density at radius 2 is 1.71 bits per heavy atom. The van der Waals surface area contributed by atoms with Crippen LogP contribution in [-0.4, -0.2) is 37.1 Å². The average Bonchev–Trinajstić information content (AvgIpc) is 2.51. The molecular formula is C16H22ClN3O. The molecule has 0 radical (unpaired) electrons. The number of amides is 2. The van der Waals surface area contributed by atoms with E-state index in [0.717, 1.165) is 44.7 Å². The molecule has 2 saturated heterocycles. The van der Waals surface area contributed by atoms with Gasteiger partial charge in [0.2, 0.25) is 0 Å². The third-order valence-electron chi connectivity index (χ3n) is 4.87. The van der Waals surface area contributed by atoms with Crippen LogP contribution in [0.1, 0.15) is 25.7 Å². The molecule has 2 N–H and O–H groups in total. The number of nitrogens with one attached hydrogen (secondary N) is 2. The molecule has 2 aliphatic heterocycles. The molecule has 1 aromatic carbocycles. The summed E-state index contributed by atoms with van der Waals surface area (Å²) in [7, 11) is 0. The minimum atomic E-state index is 0.00102. The lowest BCUT2D eigenvalue weighted by atomic mass is 9.72. The second kappa shape index (κ2) is 6.24. The average molecular weight is 308 g/mol. The maximum Gasteiger partial charge on any atom is 0.321 e. The smallest absolute Gasteiger partial charge is 0.321 e. The first-order valence-electron chi connectivity index (χ1n) is 7.69. The van der Waals surface area contributed by atoms with E-state index in [0.29, 0.717) is 10.4 Å². The van der Waals surface area contributed by atoms with Gasteiger partial charge in [-0.15, -0.1) is 0 Å². The minimum Gasteiger partial charge on any atom is -0.324 e. The highest BCUT2D eigenvalue weighted by Crippen LogP contribution is 2.39. The minimum absolute atomic E-state index is 0.00102. The zero-order chi connectivity index (χ0) is 14.7. The normalized spacial score (nSPS) is 21.3. The van der Waals surface area contributed by atoms with Crippen molar-refractivity contribution >= 4 is 23.3 Å². The Labute approximate surface area is 130 Å². The molecule has 1 spiro atoms. The number of urea groups is 1. The fourth-order valence-electron chi connectivity index (χ4n) is 3.38. The first kappa shape index (κ1) is 14.7. The Hall–Kier alpha value is -1.26. The van der Waals surface area contributed by atoms with Gasteiger partial charge in [-0.1, -0.05) is 11.6 Å². The van der Waals surface area contributed by atoms with Gasteiger partial charge in [-0.25, -0.2) is 4.79 Å². The van der Waals surface area contributed by atoms with Crippen LogP contribution in [0, 0.1) is 5.41 Å². The van der Waals surface area contributed by atoms with Crippen LogP contribution in [0.3, 0.4) is 0 Å². The molecule has 0 aliphatic carbocycles. The molecule has 114 valence electrons. The summed E-state index contributed by atoms with van der Waals surface area (Å²) in [6, 6.07) is 7.24. The predicted molar refractivity (Wildman–Crippen MR) is 85.8 cm³/mol. The number of anilines is 1. The molecule has 2 fully saturated rings. The summed E-state index contributed by atoms with van der Waals surface area (Å²) < 4.78 is 0. The van der Waals surface area contributed by atoms with Gasteiger partial charge in [-0.3, -0.25) is 0 Å². The highest BCUT2D eigenvalue weighted by atomic mass is 35.5. The molecule has 0 saturated carbocycles. The predicted octanol–water partition coefficient (Wildman–Crippen LogP) is 3.34. The summed E-state index contributed by atoms with van der Waals surface area (Å²) in [4.78, 5) is 14.2. The fourth-order valence-corrected chi connectivity index (χ4v) is 3.50. The molecule has 2 amide bonds. The highest BCUT2D eigenvalue weighted by Gasteiger charge is 2.36. The topological polar surface area (TPSA) is 44.4 Å². The maximum atomic E-state index is 12.3. The number of piperidine rings is 2. The number of halogens is 1. The van der Waals surface area contributed by atoms with Gasteiger partial charge in [0.05, 0.1) is 0 Å². The first-order valence-corrected chi connectivity index (χ1v) is 8.07. The summed E-state index contributed by atoms with van der Waals surface area (Å²) in [5.41, 5.74) is 1.27. The van der Waals surface area contributed by atoms with Gasteiger partial charge in [-0.05, 0) is 68.5 Å². The second-order valence-electron chi connectivity index (χ2n) is 6.17. The van der Waals surface area contributed by atoms with E-state index in [-0.39, 0.29) is 6.03 Å². The van der Waals surface area contributed by atoms with E-state index in [1.165, 1.54) is 12.8 Å². The summed E-state index contributed by atoms with van der Waals surface area (Å²) in [5, 5.41) is 7.05. The van der Waals surface area contributed by atoms with E-state index in [2.05, 4.69) is 10.6 Å². The lowest BCUT2D eigenvalue weighted by Gasteiger charge is -2.44. The monoisotopic (exact) mass is 307 g/mol. The van der Waals surface area contributed by atoms with Gasteiger partial charge in [0, 0.05) is 23.8 Å². The Kier molecular flexibility index (Phi) is 4.36. The zero-order valence-corrected chi connectivity index (χ0v) is 13.0. The number of hydrogen-bond donors (Lipinski definition) is 2. The third kappa shape index (κ3) is 3.50. The largest absolute Gasteiger partial charge is 0.324 e. The molecule has 0 bridgehead atoms. The number of rotatable bonds is 1. The highest BCUT2D eigenvalue weighted by molar-refractivity contribution is 6.30.